The van der Waals surface area contributed by atoms with E-state index in [1.807, 2.05) is 30.5 Å². The van der Waals surface area contributed by atoms with E-state index in [9.17, 15) is 0 Å². The maximum absolute atomic E-state index is 9.16. The Morgan fingerprint density at radius 3 is 3.00 bits per heavy atom. The molecule has 4 nitrogen and oxygen atoms in total. The van der Waals surface area contributed by atoms with Crippen molar-refractivity contribution in [2.45, 2.75) is 11.4 Å². The normalized spacial score (nSPS) is 9.88. The number of nitriles is 1. The van der Waals surface area contributed by atoms with E-state index in [-0.39, 0.29) is 0 Å². The van der Waals surface area contributed by atoms with Gasteiger partial charge in [-0.25, -0.2) is 0 Å². The van der Waals surface area contributed by atoms with Crippen molar-refractivity contribution in [3.8, 4) is 6.07 Å². The monoisotopic (exact) mass is 244 g/mol. The zero-order valence-electron chi connectivity index (χ0n) is 9.40. The molecule has 0 spiro atoms. The van der Waals surface area contributed by atoms with Crippen molar-refractivity contribution in [3.63, 3.8) is 0 Å². The molecule has 0 atom stereocenters. The van der Waals surface area contributed by atoms with Gasteiger partial charge in [-0.05, 0) is 24.5 Å². The summed E-state index contributed by atoms with van der Waals surface area (Å²) in [7, 11) is 0. The highest BCUT2D eigenvalue weighted by atomic mass is 32.2. The van der Waals surface area contributed by atoms with Crippen molar-refractivity contribution in [1.82, 2.24) is 10.2 Å². The second-order valence-electron chi connectivity index (χ2n) is 3.43. The van der Waals surface area contributed by atoms with Crippen LogP contribution in [0.15, 0.2) is 35.4 Å². The summed E-state index contributed by atoms with van der Waals surface area (Å²) < 4.78 is 0. The fourth-order valence-electron chi connectivity index (χ4n) is 1.54. The Hall–Kier alpha value is -1.93. The van der Waals surface area contributed by atoms with Crippen LogP contribution in [-0.4, -0.2) is 16.5 Å². The van der Waals surface area contributed by atoms with Gasteiger partial charge in [-0.2, -0.15) is 10.4 Å². The van der Waals surface area contributed by atoms with Crippen LogP contribution in [0.5, 0.6) is 0 Å². The van der Waals surface area contributed by atoms with Gasteiger partial charge in [-0.3, -0.25) is 5.10 Å². The second kappa shape index (κ2) is 5.41. The van der Waals surface area contributed by atoms with Crippen LogP contribution >= 0.6 is 11.8 Å². The van der Waals surface area contributed by atoms with Crippen LogP contribution in [0.2, 0.25) is 0 Å². The molecule has 0 aliphatic carbocycles. The van der Waals surface area contributed by atoms with Gasteiger partial charge in [0, 0.05) is 11.1 Å². The molecule has 2 rings (SSSR count). The summed E-state index contributed by atoms with van der Waals surface area (Å²) in [6.45, 7) is 0.631. The van der Waals surface area contributed by atoms with Crippen molar-refractivity contribution in [2.75, 3.05) is 11.6 Å². The van der Waals surface area contributed by atoms with Crippen LogP contribution in [0.3, 0.4) is 0 Å². The zero-order valence-corrected chi connectivity index (χ0v) is 10.2. The molecule has 5 heteroatoms. The Kier molecular flexibility index (Phi) is 3.68. The van der Waals surface area contributed by atoms with Crippen LogP contribution in [0.1, 0.15) is 11.3 Å². The fourth-order valence-corrected chi connectivity index (χ4v) is 2.11. The lowest BCUT2D eigenvalue weighted by Crippen LogP contribution is -2.02. The number of aromatic amines is 1. The van der Waals surface area contributed by atoms with E-state index in [1.165, 1.54) is 0 Å². The largest absolute Gasteiger partial charge is 0.378 e. The summed E-state index contributed by atoms with van der Waals surface area (Å²) in [4.78, 5) is 0.988. The lowest BCUT2D eigenvalue weighted by atomic mass is 10.2. The Balaban J connectivity index is 2.18. The molecule has 0 bridgehead atoms. The van der Waals surface area contributed by atoms with E-state index in [1.54, 1.807) is 18.0 Å². The highest BCUT2D eigenvalue weighted by Gasteiger charge is 2.06. The van der Waals surface area contributed by atoms with Crippen LogP contribution in [0.25, 0.3) is 0 Å². The van der Waals surface area contributed by atoms with Gasteiger partial charge >= 0.3 is 0 Å². The average Bonchev–Trinajstić information content (AvgIpc) is 2.88. The van der Waals surface area contributed by atoms with Crippen LogP contribution in [0, 0.1) is 11.3 Å². The third-order valence-corrected chi connectivity index (χ3v) is 3.17. The molecule has 17 heavy (non-hydrogen) atoms. The molecule has 1 aromatic heterocycles. The van der Waals surface area contributed by atoms with Crippen LogP contribution in [0.4, 0.5) is 5.69 Å². The fraction of sp³-hybridized carbons (Fsp3) is 0.167. The number of nitrogens with one attached hydrogen (secondary N) is 2. The van der Waals surface area contributed by atoms with Gasteiger partial charge < -0.3 is 5.32 Å². The SMILES string of the molecule is CSc1cccc(NCc2ccn[nH]2)c1C#N. The van der Waals surface area contributed by atoms with Crippen LogP contribution in [-0.2, 0) is 6.54 Å². The van der Waals surface area contributed by atoms with E-state index in [4.69, 9.17) is 5.26 Å². The lowest BCUT2D eigenvalue weighted by molar-refractivity contribution is 0.980. The van der Waals surface area contributed by atoms with E-state index in [0.29, 0.717) is 12.1 Å². The summed E-state index contributed by atoms with van der Waals surface area (Å²) in [5, 5.41) is 19.1. The zero-order chi connectivity index (χ0) is 12.1. The Morgan fingerprint density at radius 2 is 2.35 bits per heavy atom. The summed E-state index contributed by atoms with van der Waals surface area (Å²) in [6.07, 6.45) is 3.68. The second-order valence-corrected chi connectivity index (χ2v) is 4.28. The Bertz CT molecular complexity index is 528. The van der Waals surface area contributed by atoms with Crippen molar-refractivity contribution < 1.29 is 0 Å². The summed E-state index contributed by atoms with van der Waals surface area (Å²) in [5.74, 6) is 0. The number of aromatic nitrogens is 2. The summed E-state index contributed by atoms with van der Waals surface area (Å²) in [6, 6.07) is 9.94. The molecule has 0 saturated heterocycles. The van der Waals surface area contributed by atoms with Gasteiger partial charge in [0.15, 0.2) is 0 Å². The number of thioether (sulfide) groups is 1. The quantitative estimate of drug-likeness (QED) is 0.811. The van der Waals surface area contributed by atoms with Crippen molar-refractivity contribution in [3.05, 3.63) is 41.7 Å². The maximum atomic E-state index is 9.16. The molecule has 0 radical (unpaired) electrons. The first-order chi connectivity index (χ1) is 8.35. The maximum Gasteiger partial charge on any atom is 0.102 e. The predicted octanol–water partition coefficient (Wildman–Crippen LogP) is 2.62. The third-order valence-electron chi connectivity index (χ3n) is 2.39. The molecule has 0 fully saturated rings. The van der Waals surface area contributed by atoms with Gasteiger partial charge in [0.2, 0.25) is 0 Å². The first kappa shape index (κ1) is 11.6. The van der Waals surface area contributed by atoms with Crippen molar-refractivity contribution in [1.29, 1.82) is 5.26 Å². The van der Waals surface area contributed by atoms with Gasteiger partial charge in [0.1, 0.15) is 6.07 Å². The molecule has 0 amide bonds. The lowest BCUT2D eigenvalue weighted by Gasteiger charge is -2.09. The molecule has 86 valence electrons. The van der Waals surface area contributed by atoms with Gasteiger partial charge in [-0.1, -0.05) is 6.07 Å². The molecule has 1 aromatic carbocycles. The molecule has 1 heterocycles. The van der Waals surface area contributed by atoms with Gasteiger partial charge in [-0.15, -0.1) is 11.8 Å². The number of H-pyrrole nitrogens is 1. The molecular weight excluding hydrogens is 232 g/mol. The minimum Gasteiger partial charge on any atom is -0.378 e. The highest BCUT2D eigenvalue weighted by Crippen LogP contribution is 2.26. The molecule has 2 N–H and O–H groups in total. The molecular formula is C12H12N4S. The number of nitrogens with zero attached hydrogens (tertiary/aromatic N) is 2. The molecule has 0 unspecified atom stereocenters. The van der Waals surface area contributed by atoms with Crippen molar-refractivity contribution >= 4 is 17.4 Å². The van der Waals surface area contributed by atoms with Crippen molar-refractivity contribution in [2.24, 2.45) is 0 Å². The van der Waals surface area contributed by atoms with E-state index < -0.39 is 0 Å². The third kappa shape index (κ3) is 2.60. The number of hydrogen-bond acceptors (Lipinski definition) is 4. The van der Waals surface area contributed by atoms with E-state index in [2.05, 4.69) is 21.6 Å². The topological polar surface area (TPSA) is 64.5 Å². The number of benzene rings is 1. The minimum atomic E-state index is 0.631. The van der Waals surface area contributed by atoms with Crippen LogP contribution < -0.4 is 5.32 Å². The Morgan fingerprint density at radius 1 is 1.47 bits per heavy atom. The molecule has 0 aliphatic rings. The number of hydrogen-bond donors (Lipinski definition) is 2. The number of anilines is 1. The molecule has 2 aromatic rings. The Labute approximate surface area is 104 Å². The average molecular weight is 244 g/mol. The summed E-state index contributed by atoms with van der Waals surface area (Å²) in [5.41, 5.74) is 2.54. The standard InChI is InChI=1S/C12H12N4S/c1-17-12-4-2-3-11(10(12)7-13)14-8-9-5-6-15-16-9/h2-6,14H,8H2,1H3,(H,15,16). The molecule has 0 aliphatic heterocycles. The predicted molar refractivity (Wildman–Crippen MR) is 68.9 cm³/mol. The summed E-state index contributed by atoms with van der Waals surface area (Å²) >= 11 is 1.57. The minimum absolute atomic E-state index is 0.631. The number of rotatable bonds is 4. The first-order valence-corrected chi connectivity index (χ1v) is 6.37. The van der Waals surface area contributed by atoms with E-state index in [0.717, 1.165) is 16.3 Å². The highest BCUT2D eigenvalue weighted by molar-refractivity contribution is 7.98. The first-order valence-electron chi connectivity index (χ1n) is 5.14. The van der Waals surface area contributed by atoms with Gasteiger partial charge in [0.25, 0.3) is 0 Å². The molecule has 0 saturated carbocycles. The van der Waals surface area contributed by atoms with Gasteiger partial charge in [0.05, 0.1) is 23.5 Å². The van der Waals surface area contributed by atoms with E-state index >= 15 is 0 Å². The smallest absolute Gasteiger partial charge is 0.102 e.